The predicted molar refractivity (Wildman–Crippen MR) is 66.2 cm³/mol. The van der Waals surface area contributed by atoms with Gasteiger partial charge in [0.1, 0.15) is 0 Å². The molecule has 16 heavy (non-hydrogen) atoms. The summed E-state index contributed by atoms with van der Waals surface area (Å²) in [6, 6.07) is 11.0. The Morgan fingerprint density at radius 3 is 2.75 bits per heavy atom. The van der Waals surface area contributed by atoms with E-state index in [9.17, 15) is 0 Å². The number of hydrogen-bond donors (Lipinski definition) is 1. The van der Waals surface area contributed by atoms with Crippen molar-refractivity contribution < 1.29 is 5.11 Å². The lowest BCUT2D eigenvalue weighted by atomic mass is 10.0. The molecule has 0 saturated carbocycles. The highest BCUT2D eigenvalue weighted by atomic mass is 16.3. The normalized spacial score (nSPS) is 19.2. The van der Waals surface area contributed by atoms with E-state index in [0.717, 1.165) is 25.1 Å². The fraction of sp³-hybridized carbons (Fsp3) is 0.429. The predicted octanol–water partition coefficient (Wildman–Crippen LogP) is 2.37. The zero-order valence-corrected chi connectivity index (χ0v) is 9.76. The quantitative estimate of drug-likeness (QED) is 0.786. The van der Waals surface area contributed by atoms with Crippen LogP contribution in [0.5, 0.6) is 0 Å². The fourth-order valence-electron chi connectivity index (χ4n) is 2.23. The molecule has 0 saturated heterocycles. The first-order valence-electron chi connectivity index (χ1n) is 5.89. The number of benzene rings is 1. The molecule has 0 spiro atoms. The average Bonchev–Trinajstić information content (AvgIpc) is 2.39. The molecule has 1 N–H and O–H groups in total. The van der Waals surface area contributed by atoms with E-state index in [2.05, 4.69) is 42.2 Å². The molecule has 1 aliphatic rings. The maximum Gasteiger partial charge on any atom is 0.0654 e. The summed E-state index contributed by atoms with van der Waals surface area (Å²) in [5.41, 5.74) is 2.50. The van der Waals surface area contributed by atoms with E-state index in [1.54, 1.807) is 0 Å². The highest BCUT2D eigenvalue weighted by Gasteiger charge is 2.18. The van der Waals surface area contributed by atoms with E-state index in [1.165, 1.54) is 5.56 Å². The second-order valence-corrected chi connectivity index (χ2v) is 4.37. The van der Waals surface area contributed by atoms with E-state index < -0.39 is 0 Å². The Labute approximate surface area is 97.2 Å². The largest absolute Gasteiger partial charge is 0.392 e. The van der Waals surface area contributed by atoms with Crippen LogP contribution in [0.4, 0.5) is 0 Å². The van der Waals surface area contributed by atoms with Crippen LogP contribution in [0.2, 0.25) is 0 Å². The van der Waals surface area contributed by atoms with Gasteiger partial charge in [-0.15, -0.1) is 0 Å². The Bertz CT molecular complexity index is 358. The van der Waals surface area contributed by atoms with Gasteiger partial charge in [-0.2, -0.15) is 0 Å². The van der Waals surface area contributed by atoms with E-state index in [1.807, 2.05) is 6.07 Å². The summed E-state index contributed by atoms with van der Waals surface area (Å²) in [4.78, 5) is 2.42. The van der Waals surface area contributed by atoms with Gasteiger partial charge in [0.15, 0.2) is 0 Å². The zero-order chi connectivity index (χ0) is 11.4. The molecule has 0 fully saturated rings. The standard InChI is InChI=1S/C14H19NO/c1-12(14-7-3-2-4-8-14)15-9-5-6-13(10-15)11-16/h2-4,6-8,12,16H,5,9-11H2,1H3/t12-/m0/s1. The fourth-order valence-corrected chi connectivity index (χ4v) is 2.23. The van der Waals surface area contributed by atoms with Gasteiger partial charge in [0.05, 0.1) is 6.61 Å². The van der Waals surface area contributed by atoms with Crippen LogP contribution in [0.15, 0.2) is 42.0 Å². The molecule has 1 atom stereocenters. The molecule has 0 unspecified atom stereocenters. The van der Waals surface area contributed by atoms with Gasteiger partial charge in [-0.3, -0.25) is 4.90 Å². The van der Waals surface area contributed by atoms with E-state index >= 15 is 0 Å². The Morgan fingerprint density at radius 1 is 1.31 bits per heavy atom. The van der Waals surface area contributed by atoms with E-state index in [-0.39, 0.29) is 6.61 Å². The number of hydrogen-bond acceptors (Lipinski definition) is 2. The van der Waals surface area contributed by atoms with Crippen molar-refractivity contribution in [2.24, 2.45) is 0 Å². The first-order chi connectivity index (χ1) is 7.81. The molecule has 0 bridgehead atoms. The Balaban J connectivity index is 2.06. The first-order valence-corrected chi connectivity index (χ1v) is 5.89. The average molecular weight is 217 g/mol. The summed E-state index contributed by atoms with van der Waals surface area (Å²) < 4.78 is 0. The Morgan fingerprint density at radius 2 is 2.06 bits per heavy atom. The molecule has 0 aliphatic carbocycles. The number of rotatable bonds is 3. The molecule has 2 rings (SSSR count). The lowest BCUT2D eigenvalue weighted by Gasteiger charge is -2.32. The lowest BCUT2D eigenvalue weighted by Crippen LogP contribution is -2.33. The van der Waals surface area contributed by atoms with Gasteiger partial charge in [0, 0.05) is 19.1 Å². The minimum Gasteiger partial charge on any atom is -0.392 e. The summed E-state index contributed by atoms with van der Waals surface area (Å²) in [7, 11) is 0. The van der Waals surface area contributed by atoms with Crippen LogP contribution in [0.3, 0.4) is 0 Å². The lowest BCUT2D eigenvalue weighted by molar-refractivity contribution is 0.208. The molecule has 1 aliphatic heterocycles. The summed E-state index contributed by atoms with van der Waals surface area (Å²) >= 11 is 0. The van der Waals surface area contributed by atoms with Crippen molar-refractivity contribution in [1.82, 2.24) is 4.90 Å². The number of nitrogens with zero attached hydrogens (tertiary/aromatic N) is 1. The van der Waals surface area contributed by atoms with Crippen LogP contribution in [-0.2, 0) is 0 Å². The second kappa shape index (κ2) is 5.28. The van der Waals surface area contributed by atoms with Crippen LogP contribution >= 0.6 is 0 Å². The van der Waals surface area contributed by atoms with E-state index in [4.69, 9.17) is 5.11 Å². The van der Waals surface area contributed by atoms with Crippen molar-refractivity contribution >= 4 is 0 Å². The molecule has 0 radical (unpaired) electrons. The third-order valence-corrected chi connectivity index (χ3v) is 3.29. The molecule has 1 aromatic rings. The monoisotopic (exact) mass is 217 g/mol. The molecule has 0 aromatic heterocycles. The summed E-state index contributed by atoms with van der Waals surface area (Å²) in [6.07, 6.45) is 3.21. The van der Waals surface area contributed by atoms with Crippen LogP contribution in [0.25, 0.3) is 0 Å². The van der Waals surface area contributed by atoms with Gasteiger partial charge in [-0.05, 0) is 24.5 Å². The third kappa shape index (κ3) is 2.52. The molecular weight excluding hydrogens is 198 g/mol. The summed E-state index contributed by atoms with van der Waals surface area (Å²) in [6.45, 7) is 4.40. The van der Waals surface area contributed by atoms with Gasteiger partial charge < -0.3 is 5.11 Å². The van der Waals surface area contributed by atoms with Crippen LogP contribution in [0.1, 0.15) is 24.9 Å². The van der Waals surface area contributed by atoms with E-state index in [0.29, 0.717) is 6.04 Å². The van der Waals surface area contributed by atoms with Crippen LogP contribution in [0, 0.1) is 0 Å². The molecule has 86 valence electrons. The Kier molecular flexibility index (Phi) is 3.75. The van der Waals surface area contributed by atoms with Crippen molar-refractivity contribution in [3.63, 3.8) is 0 Å². The van der Waals surface area contributed by atoms with Crippen molar-refractivity contribution in [2.45, 2.75) is 19.4 Å². The number of aliphatic hydroxyl groups is 1. The Hall–Kier alpha value is -1.12. The highest BCUT2D eigenvalue weighted by molar-refractivity contribution is 5.20. The number of aliphatic hydroxyl groups excluding tert-OH is 1. The van der Waals surface area contributed by atoms with Crippen LogP contribution < -0.4 is 0 Å². The highest BCUT2D eigenvalue weighted by Crippen LogP contribution is 2.23. The van der Waals surface area contributed by atoms with Crippen molar-refractivity contribution in [3.8, 4) is 0 Å². The maximum absolute atomic E-state index is 9.17. The van der Waals surface area contributed by atoms with Crippen molar-refractivity contribution in [2.75, 3.05) is 19.7 Å². The van der Waals surface area contributed by atoms with Gasteiger partial charge in [0.2, 0.25) is 0 Å². The maximum atomic E-state index is 9.17. The second-order valence-electron chi connectivity index (χ2n) is 4.37. The third-order valence-electron chi connectivity index (χ3n) is 3.29. The van der Waals surface area contributed by atoms with Gasteiger partial charge in [0.25, 0.3) is 0 Å². The minimum atomic E-state index is 0.192. The van der Waals surface area contributed by atoms with Crippen LogP contribution in [-0.4, -0.2) is 29.7 Å². The topological polar surface area (TPSA) is 23.5 Å². The van der Waals surface area contributed by atoms with Gasteiger partial charge in [-0.1, -0.05) is 36.4 Å². The molecule has 1 aromatic carbocycles. The van der Waals surface area contributed by atoms with Crippen molar-refractivity contribution in [3.05, 3.63) is 47.5 Å². The summed E-state index contributed by atoms with van der Waals surface area (Å²) in [5, 5.41) is 9.17. The molecule has 1 heterocycles. The zero-order valence-electron chi connectivity index (χ0n) is 9.76. The molecular formula is C14H19NO. The molecule has 0 amide bonds. The first kappa shape index (κ1) is 11.4. The molecule has 2 nitrogen and oxygen atoms in total. The minimum absolute atomic E-state index is 0.192. The SMILES string of the molecule is C[C@@H](c1ccccc1)N1CCC=C(CO)C1. The summed E-state index contributed by atoms with van der Waals surface area (Å²) in [5.74, 6) is 0. The van der Waals surface area contributed by atoms with Crippen molar-refractivity contribution in [1.29, 1.82) is 0 Å². The van der Waals surface area contributed by atoms with Gasteiger partial charge >= 0.3 is 0 Å². The van der Waals surface area contributed by atoms with Gasteiger partial charge in [-0.25, -0.2) is 0 Å². The smallest absolute Gasteiger partial charge is 0.0654 e. The molecule has 2 heteroatoms.